The number of urea groups is 2. The number of sulfonamides is 2. The summed E-state index contributed by atoms with van der Waals surface area (Å²) in [6, 6.07) is 18.0. The maximum Gasteiger partial charge on any atom is 0.431 e. The average Bonchev–Trinajstić information content (AvgIpc) is 0.796. The number of alkyl halides is 6. The molecule has 0 saturated heterocycles. The van der Waals surface area contributed by atoms with Crippen molar-refractivity contribution in [1.29, 1.82) is 0 Å². The molecule has 4 amide bonds. The number of aryl methyl sites for hydroxylation is 3. The average molecular weight is 1360 g/mol. The molecule has 7 aromatic rings. The van der Waals surface area contributed by atoms with Gasteiger partial charge >= 0.3 is 42.1 Å². The zero-order valence-electron chi connectivity index (χ0n) is 49.9. The molecule has 0 aliphatic heterocycles. The number of carbonyl (C=O) groups excluding carboxylic acids is 3. The molecule has 0 aliphatic carbocycles. The lowest BCUT2D eigenvalue weighted by molar-refractivity contribution is -0.148. The fourth-order valence-electron chi connectivity index (χ4n) is 7.53. The van der Waals surface area contributed by atoms with Crippen LogP contribution in [0.5, 0.6) is 29.3 Å². The van der Waals surface area contributed by atoms with Crippen LogP contribution in [0.25, 0.3) is 5.69 Å². The lowest BCUT2D eigenvalue weighted by Gasteiger charge is -2.17. The van der Waals surface area contributed by atoms with E-state index in [0.29, 0.717) is 32.3 Å². The molecular formula is C54H58F6N12O17S3. The monoisotopic (exact) mass is 1360 g/mol. The summed E-state index contributed by atoms with van der Waals surface area (Å²) >= 11 is 0. The second-order valence-corrected chi connectivity index (χ2v) is 23.9. The Labute approximate surface area is 520 Å². The second-order valence-electron chi connectivity index (χ2n) is 18.4. The van der Waals surface area contributed by atoms with Crippen LogP contribution >= 0.6 is 0 Å². The van der Waals surface area contributed by atoms with Crippen molar-refractivity contribution in [3.05, 3.63) is 146 Å². The van der Waals surface area contributed by atoms with Crippen LogP contribution in [0.15, 0.2) is 122 Å². The van der Waals surface area contributed by atoms with Crippen LogP contribution in [0.2, 0.25) is 0 Å². The van der Waals surface area contributed by atoms with Gasteiger partial charge in [0, 0.05) is 31.3 Å². The maximum absolute atomic E-state index is 13.1. The molecule has 7 rings (SSSR count). The van der Waals surface area contributed by atoms with E-state index in [9.17, 15) is 75.6 Å². The molecule has 0 radical (unpaired) electrons. The number of ether oxygens (including phenoxy) is 6. The molecule has 3 aromatic carbocycles. The van der Waals surface area contributed by atoms with E-state index in [1.165, 1.54) is 96.9 Å². The highest BCUT2D eigenvalue weighted by Gasteiger charge is 2.35. The van der Waals surface area contributed by atoms with Gasteiger partial charge in [-0.05, 0) is 86.3 Å². The molecule has 0 aliphatic rings. The summed E-state index contributed by atoms with van der Waals surface area (Å²) in [4.78, 5) is 82.2. The Hall–Kier alpha value is -9.98. The first-order chi connectivity index (χ1) is 43.1. The zero-order valence-corrected chi connectivity index (χ0v) is 52.3. The summed E-state index contributed by atoms with van der Waals surface area (Å²) in [7, 11) is -6.77. The summed E-state index contributed by atoms with van der Waals surface area (Å²) in [6.45, 7) is 6.49. The number of nitrogens with zero attached hydrogens (tertiary/aromatic N) is 8. The third-order valence-corrected chi connectivity index (χ3v) is 16.6. The maximum atomic E-state index is 13.1. The van der Waals surface area contributed by atoms with Crippen molar-refractivity contribution in [2.45, 2.75) is 86.8 Å². The largest absolute Gasteiger partial charge is 0.489 e. The number of carbonyl (C=O) groups is 3. The van der Waals surface area contributed by atoms with Crippen molar-refractivity contribution >= 4 is 59.8 Å². The second kappa shape index (κ2) is 31.2. The number of sulfone groups is 1. The van der Waals surface area contributed by atoms with Gasteiger partial charge in [-0.1, -0.05) is 44.2 Å². The minimum absolute atomic E-state index is 0.0612. The number of aromatic nitrogens is 8. The number of hydrogen-bond acceptors (Lipinski definition) is 23. The molecule has 1 atom stereocenters. The van der Waals surface area contributed by atoms with Gasteiger partial charge in [-0.3, -0.25) is 20.0 Å². The van der Waals surface area contributed by atoms with Crippen molar-refractivity contribution in [2.24, 2.45) is 7.05 Å². The van der Waals surface area contributed by atoms with Crippen LogP contribution in [0, 0.1) is 6.92 Å². The van der Waals surface area contributed by atoms with Crippen LogP contribution in [0.3, 0.4) is 0 Å². The van der Waals surface area contributed by atoms with Gasteiger partial charge in [0.15, 0.2) is 21.0 Å². The van der Waals surface area contributed by atoms with Gasteiger partial charge in [-0.25, -0.2) is 55.0 Å². The van der Waals surface area contributed by atoms with Crippen molar-refractivity contribution in [1.82, 2.24) is 48.5 Å². The number of amides is 4. The highest BCUT2D eigenvalue weighted by atomic mass is 32.2. The van der Waals surface area contributed by atoms with Crippen LogP contribution in [0.1, 0.15) is 55.4 Å². The predicted octanol–water partition coefficient (Wildman–Crippen LogP) is 6.02. The van der Waals surface area contributed by atoms with Gasteiger partial charge in [0.2, 0.25) is 23.7 Å². The minimum atomic E-state index is -4.84. The normalized spacial score (nSPS) is 11.9. The molecule has 38 heteroatoms. The van der Waals surface area contributed by atoms with E-state index in [1.807, 2.05) is 25.1 Å². The number of pyridine rings is 1. The molecule has 92 heavy (non-hydrogen) atoms. The quantitative estimate of drug-likeness (QED) is 0.0471. The molecule has 1 unspecified atom stereocenters. The van der Waals surface area contributed by atoms with Crippen LogP contribution in [-0.2, 0) is 72.1 Å². The van der Waals surface area contributed by atoms with Gasteiger partial charge in [0.05, 0.1) is 50.8 Å². The number of nitrogens with one attached hydrogen (secondary N) is 4. The van der Waals surface area contributed by atoms with Gasteiger partial charge in [-0.15, -0.1) is 0 Å². The fraction of sp³-hybridized carbons (Fsp3) is 0.315. The van der Waals surface area contributed by atoms with Crippen LogP contribution in [-0.4, -0.2) is 129 Å². The van der Waals surface area contributed by atoms with Crippen molar-refractivity contribution in [3.63, 3.8) is 0 Å². The van der Waals surface area contributed by atoms with E-state index in [1.54, 1.807) is 16.4 Å². The number of anilines is 2. The van der Waals surface area contributed by atoms with E-state index in [2.05, 4.69) is 40.5 Å². The summed E-state index contributed by atoms with van der Waals surface area (Å²) < 4.78 is 186. The highest BCUT2D eigenvalue weighted by Crippen LogP contribution is 2.29. The lowest BCUT2D eigenvalue weighted by Crippen LogP contribution is -2.40. The Bertz CT molecular complexity index is 4250. The highest BCUT2D eigenvalue weighted by molar-refractivity contribution is 7.93. The zero-order chi connectivity index (χ0) is 68.5. The summed E-state index contributed by atoms with van der Waals surface area (Å²) in [5.41, 5.74) is -1.87. The summed E-state index contributed by atoms with van der Waals surface area (Å²) in [6.07, 6.45) is -10.0. The Morgan fingerprint density at radius 2 is 1.28 bits per heavy atom. The number of methoxy groups -OCH3 is 4. The molecule has 0 fully saturated rings. The molecule has 4 N–H and O–H groups in total. The molecule has 0 saturated carbocycles. The van der Waals surface area contributed by atoms with Crippen molar-refractivity contribution < 1.29 is 94.4 Å². The SMILES string of the molecule is CCS(=O)(=O)c1cccnc1S(=O)(=O)NC(=O)Nc1nc(OC)cc(OC)n1.CCc1ccc(COc2ccc(-n3c(=O)cc(C(F)(F)F)n(C)c3=O)cc2)c(OC(C)C(=O)OC)c1.COc1nc(C)nc(NC(=O)NS(=O)(=O)c2ccccc2CCC(F)(F)F)n1. The Morgan fingerprint density at radius 1 is 0.685 bits per heavy atom. The fourth-order valence-corrected chi connectivity index (χ4v) is 11.3. The standard InChI is InChI=1S/C25H25F3N2O6.C15H16F3N5O4S.C14H17N5O7S2/c1-5-16-6-7-17(20(12-16)36-15(2)23(32)34-4)14-35-19-10-8-18(9-11-19)30-22(31)13-21(25(26,27)28)29(3)24(30)33;1-9-19-12(22-14(20-9)27-2)21-13(24)23-28(25,26)11-6-4-3-5-10(11)7-8-15(16,17)18;1-4-27(21,22)9-6-5-7-15-12(9)28(23,24)19-14(20)18-13-16-10(25-2)8-11(17-13)26-3/h6-13,15H,5,14H2,1-4H3;3-6H,7-8H2,1-2H3,(H2,19,20,21,22,23,24);5-8H,4H2,1-3H3,(H2,16,17,18,19,20). The van der Waals surface area contributed by atoms with E-state index in [-0.39, 0.29) is 59.1 Å². The van der Waals surface area contributed by atoms with Gasteiger partial charge in [0.1, 0.15) is 34.5 Å². The molecule has 29 nitrogen and oxygen atoms in total. The van der Waals surface area contributed by atoms with Gasteiger partial charge in [0.25, 0.3) is 25.6 Å². The third-order valence-electron chi connectivity index (χ3n) is 12.0. The van der Waals surface area contributed by atoms with Crippen LogP contribution < -0.4 is 55.0 Å². The predicted molar refractivity (Wildman–Crippen MR) is 312 cm³/mol. The van der Waals surface area contributed by atoms with E-state index < -0.39 is 111 Å². The molecular weight excluding hydrogens is 1300 g/mol. The van der Waals surface area contributed by atoms with E-state index in [0.717, 1.165) is 37.4 Å². The smallest absolute Gasteiger partial charge is 0.431 e. The van der Waals surface area contributed by atoms with E-state index in [4.69, 9.17) is 28.4 Å². The van der Waals surface area contributed by atoms with Gasteiger partial charge < -0.3 is 28.4 Å². The first-order valence-corrected chi connectivity index (χ1v) is 30.9. The number of esters is 1. The lowest BCUT2D eigenvalue weighted by atomic mass is 10.1. The Kier molecular flexibility index (Phi) is 24.6. The Balaban J connectivity index is 0.000000254. The number of rotatable bonds is 21. The first kappa shape index (κ1) is 72.8. The van der Waals surface area contributed by atoms with Gasteiger partial charge in [-0.2, -0.15) is 59.7 Å². The number of benzene rings is 3. The molecule has 4 heterocycles. The first-order valence-electron chi connectivity index (χ1n) is 26.3. The summed E-state index contributed by atoms with van der Waals surface area (Å²) in [5.74, 6) is -0.256. The van der Waals surface area contributed by atoms with Crippen molar-refractivity contribution in [2.75, 3.05) is 44.8 Å². The minimum Gasteiger partial charge on any atom is -0.489 e. The van der Waals surface area contributed by atoms with Crippen molar-refractivity contribution in [3.8, 4) is 35.0 Å². The molecule has 4 aromatic heterocycles. The Morgan fingerprint density at radius 3 is 1.85 bits per heavy atom. The van der Waals surface area contributed by atoms with Crippen LogP contribution in [0.4, 0.5) is 47.8 Å². The van der Waals surface area contributed by atoms with E-state index >= 15 is 0 Å². The molecule has 496 valence electrons. The molecule has 0 spiro atoms. The number of halogens is 6. The number of hydrogen-bond donors (Lipinski definition) is 4. The topological polar surface area (TPSA) is 378 Å². The summed E-state index contributed by atoms with van der Waals surface area (Å²) in [5, 5.41) is 3.41. The third kappa shape index (κ3) is 20.3. The molecule has 0 bridgehead atoms.